The summed E-state index contributed by atoms with van der Waals surface area (Å²) in [5.74, 6) is 0. The molecule has 0 aromatic heterocycles. The molecule has 0 saturated carbocycles. The topological polar surface area (TPSA) is 0 Å². The third kappa shape index (κ3) is 4.85. The number of rotatable bonds is 5. The van der Waals surface area contributed by atoms with Crippen LogP contribution in [0.5, 0.6) is 0 Å². The van der Waals surface area contributed by atoms with Gasteiger partial charge in [0.2, 0.25) is 0 Å². The van der Waals surface area contributed by atoms with Crippen LogP contribution in [0.25, 0.3) is 28.3 Å². The summed E-state index contributed by atoms with van der Waals surface area (Å²) in [7, 11) is 0. The summed E-state index contributed by atoms with van der Waals surface area (Å²) in [6.45, 7) is 2.07. The highest BCUT2D eigenvalue weighted by Gasteiger charge is 2.37. The van der Waals surface area contributed by atoms with E-state index in [1.54, 1.807) is 30.3 Å². The Kier molecular flexibility index (Phi) is 6.12. The molecule has 0 fully saturated rings. The molecule has 33 heavy (non-hydrogen) atoms. The number of fused-ring (bicyclic) bond motifs is 1. The van der Waals surface area contributed by atoms with E-state index in [4.69, 9.17) is 0 Å². The Morgan fingerprint density at radius 2 is 1.39 bits per heavy atom. The maximum atomic E-state index is 13.6. The second-order valence-electron chi connectivity index (χ2n) is 8.30. The van der Waals surface area contributed by atoms with E-state index in [1.807, 2.05) is 18.2 Å². The van der Waals surface area contributed by atoms with E-state index in [2.05, 4.69) is 6.92 Å². The molecule has 3 aromatic rings. The zero-order valence-corrected chi connectivity index (χ0v) is 17.9. The Labute approximate surface area is 188 Å². The Hall–Kier alpha value is -3.02. The standard InChI is InChI=1S/C27H22F6/c1-2-3-7-17-12-19-10-11-23(18-8-5-4-6-9-18)25(24(19)13-17)20-14-21(26(28,29)30)16-22(15-20)27(31,32)33/h4-6,8-11,13-16H,2-3,7,12H2,1H3. The molecule has 0 N–H and O–H groups in total. The molecule has 0 saturated heterocycles. The minimum absolute atomic E-state index is 0.0826. The van der Waals surface area contributed by atoms with Crippen LogP contribution in [0.4, 0.5) is 26.3 Å². The molecule has 0 heterocycles. The summed E-state index contributed by atoms with van der Waals surface area (Å²) in [6.07, 6.45) is -4.38. The number of alkyl halides is 6. The molecule has 4 rings (SSSR count). The molecule has 0 bridgehead atoms. The first kappa shape index (κ1) is 23.1. The number of hydrogen-bond acceptors (Lipinski definition) is 0. The third-order valence-corrected chi connectivity index (χ3v) is 5.91. The summed E-state index contributed by atoms with van der Waals surface area (Å²) in [5.41, 5.74) is 1.81. The Morgan fingerprint density at radius 1 is 0.758 bits per heavy atom. The van der Waals surface area contributed by atoms with E-state index in [1.165, 1.54) is 0 Å². The van der Waals surface area contributed by atoms with Crippen LogP contribution in [-0.4, -0.2) is 0 Å². The van der Waals surface area contributed by atoms with Gasteiger partial charge in [-0.15, -0.1) is 0 Å². The van der Waals surface area contributed by atoms with Gasteiger partial charge < -0.3 is 0 Å². The zero-order chi connectivity index (χ0) is 23.8. The van der Waals surface area contributed by atoms with E-state index in [0.717, 1.165) is 48.1 Å². The van der Waals surface area contributed by atoms with Crippen molar-refractivity contribution < 1.29 is 26.3 Å². The van der Waals surface area contributed by atoms with Crippen molar-refractivity contribution in [2.45, 2.75) is 45.0 Å². The maximum absolute atomic E-state index is 13.6. The van der Waals surface area contributed by atoms with Gasteiger partial charge in [0.1, 0.15) is 0 Å². The minimum atomic E-state index is -4.90. The van der Waals surface area contributed by atoms with Crippen molar-refractivity contribution in [2.24, 2.45) is 0 Å². The first-order valence-corrected chi connectivity index (χ1v) is 10.8. The fraction of sp³-hybridized carbons (Fsp3) is 0.259. The summed E-state index contributed by atoms with van der Waals surface area (Å²) >= 11 is 0. The van der Waals surface area contributed by atoms with Crippen LogP contribution >= 0.6 is 0 Å². The van der Waals surface area contributed by atoms with E-state index in [9.17, 15) is 26.3 Å². The van der Waals surface area contributed by atoms with Crippen LogP contribution in [0.2, 0.25) is 0 Å². The number of halogens is 6. The predicted molar refractivity (Wildman–Crippen MR) is 119 cm³/mol. The van der Waals surface area contributed by atoms with Gasteiger partial charge in [0.05, 0.1) is 11.1 Å². The molecule has 0 amide bonds. The highest BCUT2D eigenvalue weighted by Crippen LogP contribution is 2.45. The van der Waals surface area contributed by atoms with Crippen molar-refractivity contribution in [1.82, 2.24) is 0 Å². The highest BCUT2D eigenvalue weighted by atomic mass is 19.4. The van der Waals surface area contributed by atoms with Crippen LogP contribution in [0, 0.1) is 0 Å². The molecular weight excluding hydrogens is 438 g/mol. The van der Waals surface area contributed by atoms with Crippen LogP contribution in [0.3, 0.4) is 0 Å². The molecule has 6 heteroatoms. The largest absolute Gasteiger partial charge is 0.416 e. The van der Waals surface area contributed by atoms with Gasteiger partial charge >= 0.3 is 12.4 Å². The molecule has 1 aliphatic carbocycles. The van der Waals surface area contributed by atoms with Gasteiger partial charge in [-0.05, 0) is 70.8 Å². The zero-order valence-electron chi connectivity index (χ0n) is 17.9. The third-order valence-electron chi connectivity index (χ3n) is 5.91. The van der Waals surface area contributed by atoms with E-state index >= 15 is 0 Å². The second-order valence-corrected chi connectivity index (χ2v) is 8.30. The number of hydrogen-bond donors (Lipinski definition) is 0. The summed E-state index contributed by atoms with van der Waals surface area (Å²) in [6, 6.07) is 14.6. The van der Waals surface area contributed by atoms with Gasteiger partial charge in [0.25, 0.3) is 0 Å². The molecular formula is C27H22F6. The van der Waals surface area contributed by atoms with Crippen molar-refractivity contribution in [2.75, 3.05) is 0 Å². The normalized spacial score (nSPS) is 13.7. The van der Waals surface area contributed by atoms with Gasteiger partial charge in [-0.2, -0.15) is 26.3 Å². The summed E-state index contributed by atoms with van der Waals surface area (Å²) < 4.78 is 81.4. The lowest BCUT2D eigenvalue weighted by Crippen LogP contribution is -2.11. The average Bonchev–Trinajstić information content (AvgIpc) is 3.19. The molecule has 1 aliphatic rings. The van der Waals surface area contributed by atoms with Gasteiger partial charge in [0, 0.05) is 0 Å². The van der Waals surface area contributed by atoms with Crippen LogP contribution in [-0.2, 0) is 18.8 Å². The molecule has 0 unspecified atom stereocenters. The molecule has 0 aliphatic heterocycles. The Bertz CT molecular complexity index is 1150. The molecule has 0 spiro atoms. The molecule has 0 atom stereocenters. The van der Waals surface area contributed by atoms with E-state index in [-0.39, 0.29) is 11.6 Å². The molecule has 3 aromatic carbocycles. The smallest absolute Gasteiger partial charge is 0.166 e. The fourth-order valence-electron chi connectivity index (χ4n) is 4.31. The van der Waals surface area contributed by atoms with Crippen LogP contribution in [0.1, 0.15) is 48.4 Å². The Balaban J connectivity index is 2.01. The first-order chi connectivity index (χ1) is 15.6. The quantitative estimate of drug-likeness (QED) is 0.333. The number of allylic oxidation sites excluding steroid dienone is 1. The van der Waals surface area contributed by atoms with Crippen molar-refractivity contribution in [3.8, 4) is 22.3 Å². The van der Waals surface area contributed by atoms with Gasteiger partial charge in [0.15, 0.2) is 0 Å². The SMILES string of the molecule is CCCCC1=Cc2c(ccc(-c3ccccc3)c2-c2cc(C(F)(F)F)cc(C(F)(F)F)c2)C1. The van der Waals surface area contributed by atoms with Crippen molar-refractivity contribution in [1.29, 1.82) is 0 Å². The minimum Gasteiger partial charge on any atom is -0.166 e. The second kappa shape index (κ2) is 8.73. The van der Waals surface area contributed by atoms with Crippen molar-refractivity contribution >= 4 is 6.08 Å². The lowest BCUT2D eigenvalue weighted by Gasteiger charge is -2.19. The first-order valence-electron chi connectivity index (χ1n) is 10.8. The van der Waals surface area contributed by atoms with Gasteiger partial charge in [-0.25, -0.2) is 0 Å². The molecule has 0 nitrogen and oxygen atoms in total. The fourth-order valence-corrected chi connectivity index (χ4v) is 4.31. The molecule has 172 valence electrons. The van der Waals surface area contributed by atoms with Crippen molar-refractivity contribution in [3.05, 3.63) is 88.5 Å². The molecule has 0 radical (unpaired) electrons. The lowest BCUT2D eigenvalue weighted by atomic mass is 9.87. The van der Waals surface area contributed by atoms with E-state index < -0.39 is 23.5 Å². The number of benzene rings is 3. The van der Waals surface area contributed by atoms with E-state index in [0.29, 0.717) is 23.1 Å². The average molecular weight is 460 g/mol. The number of unbranched alkanes of at least 4 members (excludes halogenated alkanes) is 1. The highest BCUT2D eigenvalue weighted by molar-refractivity contribution is 5.92. The van der Waals surface area contributed by atoms with Crippen LogP contribution in [0.15, 0.2) is 66.2 Å². The maximum Gasteiger partial charge on any atom is 0.416 e. The van der Waals surface area contributed by atoms with Gasteiger partial charge in [-0.1, -0.05) is 67.5 Å². The summed E-state index contributed by atoms with van der Waals surface area (Å²) in [5, 5.41) is 0. The lowest BCUT2D eigenvalue weighted by molar-refractivity contribution is -0.143. The monoisotopic (exact) mass is 460 g/mol. The Morgan fingerprint density at radius 3 is 1.97 bits per heavy atom. The predicted octanol–water partition coefficient (Wildman–Crippen LogP) is 9.19. The van der Waals surface area contributed by atoms with Gasteiger partial charge in [-0.3, -0.25) is 0 Å². The van der Waals surface area contributed by atoms with Crippen molar-refractivity contribution in [3.63, 3.8) is 0 Å². The summed E-state index contributed by atoms with van der Waals surface area (Å²) in [4.78, 5) is 0. The van der Waals surface area contributed by atoms with Crippen LogP contribution < -0.4 is 0 Å².